The number of carboxylic acids is 1. The number of carbonyl (C=O) groups is 2. The molecule has 0 radical (unpaired) electrons. The zero-order valence-corrected chi connectivity index (χ0v) is 7.45. The molecule has 0 rings (SSSR count). The lowest BCUT2D eigenvalue weighted by molar-refractivity contribution is -0.144. The van der Waals surface area contributed by atoms with Crippen molar-refractivity contribution >= 4 is 23.8 Å². The van der Waals surface area contributed by atoms with Gasteiger partial charge in [0.25, 0.3) is 0 Å². The average Bonchev–Trinajstić information content (AvgIpc) is 2.10. The first kappa shape index (κ1) is 12.2. The van der Waals surface area contributed by atoms with Gasteiger partial charge in [0.1, 0.15) is 25.1 Å². The first-order chi connectivity index (χ1) is 6.16. The van der Waals surface area contributed by atoms with Gasteiger partial charge >= 0.3 is 11.9 Å². The predicted molar refractivity (Wildman–Crippen MR) is 41.2 cm³/mol. The molecule has 0 aromatic rings. The van der Waals surface area contributed by atoms with Crippen LogP contribution in [0.15, 0.2) is 0 Å². The second kappa shape index (κ2) is 7.78. The number of carboxylic acid groups (broad SMARTS) is 1. The molecule has 0 atom stereocenters. The molecule has 0 unspecified atom stereocenters. The monoisotopic (exact) mass is 212 g/mol. The highest BCUT2D eigenvalue weighted by Gasteiger charge is 2.01. The van der Waals surface area contributed by atoms with Gasteiger partial charge in [-0.1, -0.05) is 0 Å². The van der Waals surface area contributed by atoms with Gasteiger partial charge in [-0.2, -0.15) is 0 Å². The van der Waals surface area contributed by atoms with Crippen molar-refractivity contribution in [3.8, 4) is 0 Å². The Bertz CT molecular complexity index is 171. The van der Waals surface area contributed by atoms with Crippen LogP contribution in [-0.2, 0) is 23.4 Å². The maximum Gasteiger partial charge on any atom is 0.350 e. The van der Waals surface area contributed by atoms with Crippen LogP contribution in [0.5, 0.6) is 0 Å². The molecule has 0 aromatic carbocycles. The summed E-state index contributed by atoms with van der Waals surface area (Å²) in [6, 6.07) is 0. The molecule has 0 fully saturated rings. The van der Waals surface area contributed by atoms with Gasteiger partial charge in [0.05, 0.1) is 13.2 Å². The largest absolute Gasteiger partial charge is 0.480 e. The molecule has 76 valence electrons. The van der Waals surface area contributed by atoms with Gasteiger partial charge in [-0.15, -0.1) is 0 Å². The molecule has 0 aliphatic heterocycles. The molecule has 13 heavy (non-hydrogen) atoms. The van der Waals surface area contributed by atoms with E-state index in [-0.39, 0.29) is 26.4 Å². The van der Waals surface area contributed by atoms with Crippen LogP contribution in [0, 0.1) is 0 Å². The third kappa shape index (κ3) is 9.06. The van der Waals surface area contributed by atoms with Crippen molar-refractivity contribution in [1.82, 2.24) is 0 Å². The highest BCUT2D eigenvalue weighted by molar-refractivity contribution is 6.13. The Morgan fingerprint density at radius 1 is 1.15 bits per heavy atom. The minimum Gasteiger partial charge on any atom is -0.480 e. The predicted octanol–water partition coefficient (Wildman–Crippen LogP) is -0.199. The summed E-state index contributed by atoms with van der Waals surface area (Å²) in [5.74, 6) is -1.76. The summed E-state index contributed by atoms with van der Waals surface area (Å²) in [5.41, 5.74) is 0. The fraction of sp³-hybridized carbons (Fsp3) is 0.667. The highest BCUT2D eigenvalue weighted by Crippen LogP contribution is 1.85. The molecule has 1 N–H and O–H groups in total. The molecular weight excluding hydrogens is 204 g/mol. The Balaban J connectivity index is 3.08. The lowest BCUT2D eigenvalue weighted by atomic mass is 10.7. The molecule has 0 saturated carbocycles. The lowest BCUT2D eigenvalue weighted by Crippen LogP contribution is -2.14. The number of hydrogen-bond donors (Lipinski definition) is 1. The van der Waals surface area contributed by atoms with Gasteiger partial charge in [-0.3, -0.25) is 0 Å². The fourth-order valence-electron chi connectivity index (χ4n) is 0.455. The fourth-order valence-corrected chi connectivity index (χ4v) is 0.500. The summed E-state index contributed by atoms with van der Waals surface area (Å²) in [6.45, 7) is -0.454. The van der Waals surface area contributed by atoms with Gasteiger partial charge in [-0.25, -0.2) is 9.59 Å². The number of carbonyl (C=O) groups excluding carboxylic acids is 1. The number of hydrogen-bond acceptors (Lipinski definition) is 5. The van der Waals surface area contributed by atoms with Gasteiger partial charge in [0, 0.05) is 0 Å². The van der Waals surface area contributed by atoms with E-state index in [2.05, 4.69) is 9.03 Å². The maximum atomic E-state index is 10.3. The molecule has 0 aliphatic rings. The first-order valence-corrected chi connectivity index (χ1v) is 3.66. The smallest absolute Gasteiger partial charge is 0.350 e. The van der Waals surface area contributed by atoms with Crippen LogP contribution >= 0.6 is 11.9 Å². The quantitative estimate of drug-likeness (QED) is 0.589. The third-order valence-corrected chi connectivity index (χ3v) is 1.08. The summed E-state index contributed by atoms with van der Waals surface area (Å²) in [6.07, 6.45) is 0. The van der Waals surface area contributed by atoms with Crippen molar-refractivity contribution in [2.75, 3.05) is 26.4 Å². The molecule has 0 saturated heterocycles. The Labute approximate surface area is 79.5 Å². The average molecular weight is 213 g/mol. The summed E-state index contributed by atoms with van der Waals surface area (Å²) in [4.78, 5) is 20.3. The molecule has 0 heterocycles. The van der Waals surface area contributed by atoms with Crippen LogP contribution < -0.4 is 0 Å². The third-order valence-electron chi connectivity index (χ3n) is 0.904. The van der Waals surface area contributed by atoms with Crippen molar-refractivity contribution in [3.63, 3.8) is 0 Å². The minimum absolute atomic E-state index is 0.0991. The Morgan fingerprint density at radius 3 is 2.15 bits per heavy atom. The van der Waals surface area contributed by atoms with Crippen LogP contribution in [0.1, 0.15) is 0 Å². The number of ether oxygens (including phenoxy) is 2. The Kier molecular flexibility index (Phi) is 7.27. The van der Waals surface area contributed by atoms with E-state index in [1.807, 2.05) is 0 Å². The molecule has 6 nitrogen and oxygen atoms in total. The zero-order valence-electron chi connectivity index (χ0n) is 6.69. The molecule has 0 amide bonds. The second-order valence-electron chi connectivity index (χ2n) is 1.95. The molecule has 0 aliphatic carbocycles. The summed E-state index contributed by atoms with van der Waals surface area (Å²) in [5, 5.41) is 8.14. The van der Waals surface area contributed by atoms with Gasteiger partial charge in [0.15, 0.2) is 0 Å². The van der Waals surface area contributed by atoms with E-state index < -0.39 is 11.9 Å². The van der Waals surface area contributed by atoms with Gasteiger partial charge < -0.3 is 18.9 Å². The van der Waals surface area contributed by atoms with E-state index in [0.29, 0.717) is 0 Å². The molecule has 0 aromatic heterocycles. The SMILES string of the molecule is O=C(O)COCCOCC(=O)OCl. The van der Waals surface area contributed by atoms with E-state index in [9.17, 15) is 9.59 Å². The molecule has 0 bridgehead atoms. The van der Waals surface area contributed by atoms with Crippen LogP contribution in [0.4, 0.5) is 0 Å². The summed E-state index contributed by atoms with van der Waals surface area (Å²) < 4.78 is 13.1. The van der Waals surface area contributed by atoms with E-state index in [1.165, 1.54) is 0 Å². The number of rotatable bonds is 7. The normalized spacial score (nSPS) is 9.62. The Hall–Kier alpha value is -0.850. The van der Waals surface area contributed by atoms with Crippen molar-refractivity contribution < 1.29 is 28.5 Å². The van der Waals surface area contributed by atoms with Crippen molar-refractivity contribution in [3.05, 3.63) is 0 Å². The summed E-state index contributed by atoms with van der Waals surface area (Å²) >= 11 is 4.70. The molecular formula is C6H9ClO6. The first-order valence-electron chi connectivity index (χ1n) is 3.35. The standard InChI is InChI=1S/C6H9ClO6/c7-13-6(10)4-12-2-1-11-3-5(8)9/h1-4H2,(H,8,9). The number of aliphatic carboxylic acids is 1. The molecule has 0 spiro atoms. The Morgan fingerprint density at radius 2 is 1.69 bits per heavy atom. The summed E-state index contributed by atoms with van der Waals surface area (Å²) in [7, 11) is 0. The lowest BCUT2D eigenvalue weighted by Gasteiger charge is -2.01. The van der Waals surface area contributed by atoms with Crippen molar-refractivity contribution in [2.45, 2.75) is 0 Å². The molecule has 7 heteroatoms. The van der Waals surface area contributed by atoms with Crippen LogP contribution in [0.2, 0.25) is 0 Å². The highest BCUT2D eigenvalue weighted by atomic mass is 35.5. The van der Waals surface area contributed by atoms with E-state index >= 15 is 0 Å². The van der Waals surface area contributed by atoms with E-state index in [1.54, 1.807) is 0 Å². The van der Waals surface area contributed by atoms with Gasteiger partial charge in [0.2, 0.25) is 0 Å². The van der Waals surface area contributed by atoms with Crippen molar-refractivity contribution in [2.24, 2.45) is 0 Å². The zero-order chi connectivity index (χ0) is 10.1. The van der Waals surface area contributed by atoms with Crippen molar-refractivity contribution in [1.29, 1.82) is 0 Å². The van der Waals surface area contributed by atoms with Gasteiger partial charge in [-0.05, 0) is 0 Å². The number of halogens is 1. The maximum absolute atomic E-state index is 10.3. The second-order valence-corrected chi connectivity index (χ2v) is 2.10. The van der Waals surface area contributed by atoms with E-state index in [0.717, 1.165) is 0 Å². The van der Waals surface area contributed by atoms with Crippen LogP contribution in [-0.4, -0.2) is 43.5 Å². The van der Waals surface area contributed by atoms with Crippen LogP contribution in [0.25, 0.3) is 0 Å². The minimum atomic E-state index is -1.06. The van der Waals surface area contributed by atoms with E-state index in [4.69, 9.17) is 21.7 Å². The topological polar surface area (TPSA) is 82.1 Å². The van der Waals surface area contributed by atoms with Crippen LogP contribution in [0.3, 0.4) is 0 Å².